The summed E-state index contributed by atoms with van der Waals surface area (Å²) in [5.74, 6) is 0.351. The highest BCUT2D eigenvalue weighted by Gasteiger charge is 2.16. The zero-order valence-electron chi connectivity index (χ0n) is 9.94. The van der Waals surface area contributed by atoms with Gasteiger partial charge in [0.15, 0.2) is 0 Å². The number of hydrogen-bond donors (Lipinski definition) is 1. The van der Waals surface area contributed by atoms with Crippen molar-refractivity contribution in [3.63, 3.8) is 0 Å². The minimum absolute atomic E-state index is 0.351. The first-order valence-corrected chi connectivity index (χ1v) is 5.61. The van der Waals surface area contributed by atoms with Crippen LogP contribution in [0.25, 0.3) is 10.8 Å². The Kier molecular flexibility index (Phi) is 3.15. The molecule has 2 rings (SSSR count). The molecule has 0 bridgehead atoms. The van der Waals surface area contributed by atoms with Gasteiger partial charge in [0.1, 0.15) is 0 Å². The molecule has 3 heteroatoms. The Bertz CT molecular complexity index is 476. The van der Waals surface area contributed by atoms with Gasteiger partial charge < -0.3 is 5.32 Å². The molecule has 2 aromatic rings. The lowest BCUT2D eigenvalue weighted by atomic mass is 9.96. The van der Waals surface area contributed by atoms with Crippen LogP contribution in [0.4, 0.5) is 0 Å². The van der Waals surface area contributed by atoms with Crippen molar-refractivity contribution in [2.45, 2.75) is 25.8 Å². The number of aromatic nitrogens is 2. The average molecular weight is 215 g/mol. The Hall–Kier alpha value is -1.48. The van der Waals surface area contributed by atoms with Gasteiger partial charge >= 0.3 is 0 Å². The number of rotatable bonds is 3. The predicted molar refractivity (Wildman–Crippen MR) is 66.5 cm³/mol. The molecule has 2 atom stereocenters. The first-order chi connectivity index (χ1) is 7.74. The number of nitrogens with zero attached hydrogens (tertiary/aromatic N) is 2. The molecule has 0 fully saturated rings. The van der Waals surface area contributed by atoms with E-state index in [1.54, 1.807) is 0 Å². The number of benzene rings is 1. The van der Waals surface area contributed by atoms with Crippen LogP contribution in [0.3, 0.4) is 0 Å². The van der Waals surface area contributed by atoms with Crippen molar-refractivity contribution < 1.29 is 0 Å². The maximum Gasteiger partial charge on any atom is 0.0752 e. The summed E-state index contributed by atoms with van der Waals surface area (Å²) in [5, 5.41) is 14.0. The van der Waals surface area contributed by atoms with E-state index >= 15 is 0 Å². The molecule has 3 nitrogen and oxygen atoms in total. The molecule has 0 aliphatic heterocycles. The van der Waals surface area contributed by atoms with Crippen LogP contribution >= 0.6 is 0 Å². The Morgan fingerprint density at radius 1 is 1.19 bits per heavy atom. The summed E-state index contributed by atoms with van der Waals surface area (Å²) in [6.45, 7) is 4.34. The van der Waals surface area contributed by atoms with E-state index in [1.165, 1.54) is 5.39 Å². The maximum absolute atomic E-state index is 4.29. The molecule has 0 amide bonds. The Morgan fingerprint density at radius 3 is 2.69 bits per heavy atom. The van der Waals surface area contributed by atoms with E-state index in [0.29, 0.717) is 12.0 Å². The molecule has 1 aromatic heterocycles. The molecule has 0 saturated carbocycles. The van der Waals surface area contributed by atoms with E-state index in [-0.39, 0.29) is 0 Å². The molecular formula is C13H17N3. The molecule has 16 heavy (non-hydrogen) atoms. The van der Waals surface area contributed by atoms with Gasteiger partial charge in [-0.05, 0) is 14.0 Å². The number of likely N-dealkylation sites (N-methyl/N-ethyl adjacent to an activating group) is 1. The second kappa shape index (κ2) is 4.58. The minimum atomic E-state index is 0.351. The Labute approximate surface area is 95.9 Å². The molecule has 1 N–H and O–H groups in total. The monoisotopic (exact) mass is 215 g/mol. The molecular weight excluding hydrogens is 198 g/mol. The van der Waals surface area contributed by atoms with E-state index in [4.69, 9.17) is 0 Å². The third-order valence-electron chi connectivity index (χ3n) is 3.24. The topological polar surface area (TPSA) is 37.8 Å². The van der Waals surface area contributed by atoms with Gasteiger partial charge in [0.05, 0.1) is 11.9 Å². The van der Waals surface area contributed by atoms with Gasteiger partial charge in [0.2, 0.25) is 0 Å². The zero-order valence-corrected chi connectivity index (χ0v) is 9.94. The summed E-state index contributed by atoms with van der Waals surface area (Å²) in [4.78, 5) is 0. The highest BCUT2D eigenvalue weighted by Crippen LogP contribution is 2.24. The van der Waals surface area contributed by atoms with Crippen LogP contribution in [0.5, 0.6) is 0 Å². The van der Waals surface area contributed by atoms with Crippen molar-refractivity contribution in [2.75, 3.05) is 7.05 Å². The van der Waals surface area contributed by atoms with Gasteiger partial charge in [0.25, 0.3) is 0 Å². The highest BCUT2D eigenvalue weighted by atomic mass is 15.1. The molecule has 0 radical (unpaired) electrons. The standard InChI is InChI=1S/C13H17N3/c1-9(10(2)14-3)13-12-7-5-4-6-11(12)8-15-16-13/h4-10,14H,1-3H3. The summed E-state index contributed by atoms with van der Waals surface area (Å²) >= 11 is 0. The summed E-state index contributed by atoms with van der Waals surface area (Å²) in [7, 11) is 1.97. The lowest BCUT2D eigenvalue weighted by Crippen LogP contribution is -2.28. The quantitative estimate of drug-likeness (QED) is 0.854. The minimum Gasteiger partial charge on any atom is -0.317 e. The summed E-state index contributed by atoms with van der Waals surface area (Å²) in [6, 6.07) is 8.65. The van der Waals surface area contributed by atoms with E-state index in [9.17, 15) is 0 Å². The highest BCUT2D eigenvalue weighted by molar-refractivity contribution is 5.83. The van der Waals surface area contributed by atoms with Gasteiger partial charge in [0, 0.05) is 22.7 Å². The van der Waals surface area contributed by atoms with E-state index in [0.717, 1.165) is 11.1 Å². The fraction of sp³-hybridized carbons (Fsp3) is 0.385. The zero-order chi connectivity index (χ0) is 11.5. The lowest BCUT2D eigenvalue weighted by molar-refractivity contribution is 0.514. The molecule has 0 spiro atoms. The van der Waals surface area contributed by atoms with Crippen LogP contribution in [0, 0.1) is 0 Å². The second-order valence-electron chi connectivity index (χ2n) is 4.18. The van der Waals surface area contributed by atoms with E-state index < -0.39 is 0 Å². The molecule has 0 saturated heterocycles. The average Bonchev–Trinajstić information content (AvgIpc) is 2.36. The molecule has 0 aliphatic carbocycles. The number of fused-ring (bicyclic) bond motifs is 1. The second-order valence-corrected chi connectivity index (χ2v) is 4.18. The third-order valence-corrected chi connectivity index (χ3v) is 3.24. The van der Waals surface area contributed by atoms with E-state index in [1.807, 2.05) is 25.4 Å². The molecule has 2 unspecified atom stereocenters. The number of hydrogen-bond acceptors (Lipinski definition) is 3. The molecule has 0 aliphatic rings. The summed E-state index contributed by atoms with van der Waals surface area (Å²) < 4.78 is 0. The fourth-order valence-corrected chi connectivity index (χ4v) is 1.87. The van der Waals surface area contributed by atoms with Crippen LogP contribution in [-0.4, -0.2) is 23.3 Å². The molecule has 1 heterocycles. The van der Waals surface area contributed by atoms with Crippen molar-refractivity contribution in [1.29, 1.82) is 0 Å². The van der Waals surface area contributed by atoms with Crippen LogP contribution in [0.1, 0.15) is 25.5 Å². The third kappa shape index (κ3) is 1.91. The van der Waals surface area contributed by atoms with Crippen LogP contribution in [0.15, 0.2) is 30.5 Å². The van der Waals surface area contributed by atoms with Gasteiger partial charge in [-0.1, -0.05) is 31.2 Å². The lowest BCUT2D eigenvalue weighted by Gasteiger charge is -2.19. The normalized spacial score (nSPS) is 14.9. The van der Waals surface area contributed by atoms with Crippen LogP contribution in [0.2, 0.25) is 0 Å². The number of nitrogens with one attached hydrogen (secondary N) is 1. The van der Waals surface area contributed by atoms with Gasteiger partial charge in [-0.3, -0.25) is 0 Å². The first-order valence-electron chi connectivity index (χ1n) is 5.61. The van der Waals surface area contributed by atoms with Crippen LogP contribution < -0.4 is 5.32 Å². The maximum atomic E-state index is 4.29. The van der Waals surface area contributed by atoms with Crippen molar-refractivity contribution in [2.24, 2.45) is 0 Å². The SMILES string of the molecule is CNC(C)C(C)c1nncc2ccccc12. The molecule has 84 valence electrons. The van der Waals surface area contributed by atoms with Crippen molar-refractivity contribution in [1.82, 2.24) is 15.5 Å². The Morgan fingerprint density at radius 2 is 1.94 bits per heavy atom. The summed E-state index contributed by atoms with van der Waals surface area (Å²) in [5.41, 5.74) is 1.07. The smallest absolute Gasteiger partial charge is 0.0752 e. The van der Waals surface area contributed by atoms with E-state index in [2.05, 4.69) is 41.5 Å². The first kappa shape index (κ1) is 11.0. The molecule has 1 aromatic carbocycles. The van der Waals surface area contributed by atoms with Gasteiger partial charge in [-0.2, -0.15) is 10.2 Å². The van der Waals surface area contributed by atoms with Crippen molar-refractivity contribution in [3.05, 3.63) is 36.2 Å². The van der Waals surface area contributed by atoms with Gasteiger partial charge in [-0.15, -0.1) is 0 Å². The van der Waals surface area contributed by atoms with Gasteiger partial charge in [-0.25, -0.2) is 0 Å². The summed E-state index contributed by atoms with van der Waals surface area (Å²) in [6.07, 6.45) is 1.82. The van der Waals surface area contributed by atoms with Crippen molar-refractivity contribution >= 4 is 10.8 Å². The predicted octanol–water partition coefficient (Wildman–Crippen LogP) is 2.34. The largest absolute Gasteiger partial charge is 0.317 e. The Balaban J connectivity index is 2.52. The van der Waals surface area contributed by atoms with Crippen LogP contribution in [-0.2, 0) is 0 Å². The van der Waals surface area contributed by atoms with Crippen molar-refractivity contribution in [3.8, 4) is 0 Å². The fourth-order valence-electron chi connectivity index (χ4n) is 1.87.